The van der Waals surface area contributed by atoms with Crippen LogP contribution < -0.4 is 4.74 Å². The molecule has 0 amide bonds. The van der Waals surface area contributed by atoms with Gasteiger partial charge in [-0.1, -0.05) is 98.4 Å². The Bertz CT molecular complexity index is 2020. The molecular weight excluding hydrogens is 799 g/mol. The van der Waals surface area contributed by atoms with Crippen LogP contribution in [0.1, 0.15) is 119 Å². The first-order valence-electron chi connectivity index (χ1n) is 18.0. The number of nitrogens with zero attached hydrogens (tertiary/aromatic N) is 1. The summed E-state index contributed by atoms with van der Waals surface area (Å²) in [6.45, 7) is 23.2. The number of hydrogen-bond donors (Lipinski definition) is 1. The Balaban J connectivity index is 0.000000269. The van der Waals surface area contributed by atoms with Crippen molar-refractivity contribution in [2.24, 2.45) is 10.8 Å². The van der Waals surface area contributed by atoms with Crippen LogP contribution in [-0.4, -0.2) is 22.0 Å². The number of fused-ring (bicyclic) bond motifs is 6. The molecule has 0 spiro atoms. The quantitative estimate of drug-likeness (QED) is 0.0956. The zero-order valence-corrected chi connectivity index (χ0v) is 34.1. The predicted octanol–water partition coefficient (Wildman–Crippen LogP) is 12.4. The number of aliphatic hydroxyl groups excluding tert-OH is 1. The number of aromatic nitrogens is 1. The summed E-state index contributed by atoms with van der Waals surface area (Å²) in [4.78, 5) is 17.0. The summed E-state index contributed by atoms with van der Waals surface area (Å²) in [5.41, 5.74) is 5.42. The second kappa shape index (κ2) is 15.0. The third kappa shape index (κ3) is 7.16. The van der Waals surface area contributed by atoms with Crippen molar-refractivity contribution in [3.63, 3.8) is 0 Å². The average Bonchev–Trinajstić information content (AvgIpc) is 3.62. The summed E-state index contributed by atoms with van der Waals surface area (Å²) in [5, 5.41) is 14.7. The standard InChI is InChI=1S/C29H26NO2.C15H28O2.Ir/c1-16-17(2)31-23-10-11-24-26(25(16)23)21-12-13-30-27(28(21)32-24)19-14-18-8-6-7-9-20(18)22(15-19)29(3,4)5;1-7-14(5,8-2)12(16)11-13(17)15(6,9-3)10-4;/h6-13,15-17H,1-5H3;11,16H,7-10H2,1-6H3;/q-1;;/b;12-11-;. The van der Waals surface area contributed by atoms with E-state index in [1.807, 2.05) is 59.9 Å². The molecule has 3 aromatic carbocycles. The van der Waals surface area contributed by atoms with Gasteiger partial charge in [0.25, 0.3) is 0 Å². The van der Waals surface area contributed by atoms with Gasteiger partial charge in [-0.25, -0.2) is 0 Å². The third-order valence-electron chi connectivity index (χ3n) is 11.5. The average molecular weight is 853 g/mol. The fourth-order valence-corrected chi connectivity index (χ4v) is 6.75. The van der Waals surface area contributed by atoms with E-state index >= 15 is 0 Å². The summed E-state index contributed by atoms with van der Waals surface area (Å²) >= 11 is 0. The number of ether oxygens (including phenoxy) is 1. The fraction of sp³-hybridized carbons (Fsp3) is 0.455. The number of benzene rings is 3. The molecule has 1 radical (unpaired) electrons. The van der Waals surface area contributed by atoms with E-state index in [-0.39, 0.29) is 54.0 Å². The maximum Gasteiger partial charge on any atom is 0.164 e. The number of carbonyl (C=O) groups excluding carboxylic acids is 1. The van der Waals surface area contributed by atoms with Crippen molar-refractivity contribution in [2.45, 2.75) is 119 Å². The van der Waals surface area contributed by atoms with Crippen molar-refractivity contribution in [3.8, 4) is 17.0 Å². The van der Waals surface area contributed by atoms with Crippen molar-refractivity contribution in [1.82, 2.24) is 4.98 Å². The second-order valence-corrected chi connectivity index (χ2v) is 15.4. The number of ketones is 1. The number of rotatable bonds is 8. The first-order valence-corrected chi connectivity index (χ1v) is 18.0. The molecule has 1 N–H and O–H groups in total. The van der Waals surface area contributed by atoms with E-state index < -0.39 is 0 Å². The third-order valence-corrected chi connectivity index (χ3v) is 11.5. The Morgan fingerprint density at radius 1 is 0.900 bits per heavy atom. The molecule has 2 atom stereocenters. The number of hydrogen-bond acceptors (Lipinski definition) is 5. The maximum atomic E-state index is 12.2. The molecule has 6 heteroatoms. The summed E-state index contributed by atoms with van der Waals surface area (Å²) in [5.74, 6) is 1.56. The van der Waals surface area contributed by atoms with E-state index in [1.165, 1.54) is 22.6 Å². The molecule has 269 valence electrons. The summed E-state index contributed by atoms with van der Waals surface area (Å²) in [7, 11) is 0. The summed E-state index contributed by atoms with van der Waals surface area (Å²) in [6, 6.07) is 20.4. The first kappa shape index (κ1) is 39.3. The van der Waals surface area contributed by atoms with Crippen LogP contribution in [0.25, 0.3) is 44.0 Å². The molecule has 50 heavy (non-hydrogen) atoms. The largest absolute Gasteiger partial charge is 0.512 e. The van der Waals surface area contributed by atoms with Crippen LogP contribution in [0.2, 0.25) is 0 Å². The van der Waals surface area contributed by atoms with Gasteiger partial charge in [0.2, 0.25) is 0 Å². The fourth-order valence-electron chi connectivity index (χ4n) is 6.75. The van der Waals surface area contributed by atoms with Crippen molar-refractivity contribution in [2.75, 3.05) is 0 Å². The minimum Gasteiger partial charge on any atom is -0.512 e. The van der Waals surface area contributed by atoms with Crippen LogP contribution in [0, 0.1) is 16.9 Å². The Morgan fingerprint density at radius 3 is 2.16 bits per heavy atom. The smallest absolute Gasteiger partial charge is 0.164 e. The topological polar surface area (TPSA) is 72.6 Å². The minimum absolute atomic E-state index is 0. The Labute approximate surface area is 312 Å². The van der Waals surface area contributed by atoms with Gasteiger partial charge in [0.15, 0.2) is 5.78 Å². The molecular formula is C44H54IrNO4-. The predicted molar refractivity (Wildman–Crippen MR) is 204 cm³/mol. The normalized spacial score (nSPS) is 16.5. The Kier molecular flexibility index (Phi) is 11.8. The van der Waals surface area contributed by atoms with Crippen LogP contribution >= 0.6 is 0 Å². The molecule has 0 saturated heterocycles. The number of allylic oxidation sites excluding steroid dienone is 2. The molecule has 0 aliphatic carbocycles. The number of pyridine rings is 1. The molecule has 6 rings (SSSR count). The van der Waals surface area contributed by atoms with Crippen LogP contribution in [0.4, 0.5) is 0 Å². The molecule has 1 aliphatic heterocycles. The van der Waals surface area contributed by atoms with Crippen LogP contribution in [0.5, 0.6) is 5.75 Å². The van der Waals surface area contributed by atoms with E-state index in [0.717, 1.165) is 70.0 Å². The van der Waals surface area contributed by atoms with E-state index in [0.29, 0.717) is 5.92 Å². The second-order valence-electron chi connectivity index (χ2n) is 15.4. The molecule has 1 aliphatic rings. The van der Waals surface area contributed by atoms with Crippen LogP contribution in [-0.2, 0) is 30.3 Å². The number of aliphatic hydroxyl groups is 1. The van der Waals surface area contributed by atoms with Gasteiger partial charge in [0, 0.05) is 71.2 Å². The van der Waals surface area contributed by atoms with Crippen LogP contribution in [0.15, 0.2) is 71.0 Å². The number of carbonyl (C=O) groups is 1. The number of furan rings is 1. The zero-order chi connectivity index (χ0) is 35.9. The summed E-state index contributed by atoms with van der Waals surface area (Å²) < 4.78 is 12.5. The van der Waals surface area contributed by atoms with E-state index in [2.05, 4.69) is 77.1 Å². The van der Waals surface area contributed by atoms with E-state index in [4.69, 9.17) is 14.1 Å². The molecule has 5 nitrogen and oxygen atoms in total. The van der Waals surface area contributed by atoms with Gasteiger partial charge in [0.1, 0.15) is 28.8 Å². The Hall–Kier alpha value is -3.47. The molecule has 2 aromatic heterocycles. The van der Waals surface area contributed by atoms with Crippen LogP contribution in [0.3, 0.4) is 0 Å². The minimum atomic E-state index is -0.337. The van der Waals surface area contributed by atoms with Gasteiger partial charge in [-0.2, -0.15) is 0 Å². The van der Waals surface area contributed by atoms with Crippen molar-refractivity contribution in [1.29, 1.82) is 0 Å². The van der Waals surface area contributed by atoms with Gasteiger partial charge >= 0.3 is 0 Å². The molecule has 0 bridgehead atoms. The van der Waals surface area contributed by atoms with Gasteiger partial charge in [-0.3, -0.25) is 9.78 Å². The summed E-state index contributed by atoms with van der Waals surface area (Å²) in [6.07, 6.45) is 6.80. The Morgan fingerprint density at radius 2 is 1.54 bits per heavy atom. The van der Waals surface area contributed by atoms with Crippen molar-refractivity contribution >= 4 is 38.5 Å². The van der Waals surface area contributed by atoms with Gasteiger partial charge in [-0.15, -0.1) is 29.1 Å². The molecule has 0 fully saturated rings. The van der Waals surface area contributed by atoms with Crippen molar-refractivity contribution in [3.05, 3.63) is 83.8 Å². The maximum absolute atomic E-state index is 12.2. The van der Waals surface area contributed by atoms with Gasteiger partial charge in [-0.05, 0) is 56.2 Å². The van der Waals surface area contributed by atoms with Gasteiger partial charge in [0.05, 0.1) is 0 Å². The molecule has 0 saturated carbocycles. The van der Waals surface area contributed by atoms with E-state index in [1.54, 1.807) is 0 Å². The van der Waals surface area contributed by atoms with E-state index in [9.17, 15) is 9.90 Å². The van der Waals surface area contributed by atoms with Gasteiger partial charge < -0.3 is 14.3 Å². The zero-order valence-electron chi connectivity index (χ0n) is 31.7. The first-order chi connectivity index (χ1) is 23.1. The van der Waals surface area contributed by atoms with Crippen molar-refractivity contribution < 1.29 is 39.2 Å². The molecule has 3 heterocycles. The molecule has 5 aromatic rings. The monoisotopic (exact) mass is 853 g/mol. The molecule has 2 unspecified atom stereocenters. The SMILES string of the molecule is CC1Oc2ccc3oc4c(-c5[c-]c6ccccc6c(C(C)(C)C)c5)nccc4c3c2C1C.CCC(C)(CC)C(=O)/C=C(\O)C(C)(CC)CC.[Ir].